The van der Waals surface area contributed by atoms with Crippen LogP contribution >= 0.6 is 0 Å². The van der Waals surface area contributed by atoms with E-state index in [4.69, 9.17) is 0 Å². The van der Waals surface area contributed by atoms with Crippen LogP contribution in [-0.2, 0) is 0 Å². The van der Waals surface area contributed by atoms with Crippen molar-refractivity contribution in [1.82, 2.24) is 4.98 Å². The molecule has 0 fully saturated rings. The van der Waals surface area contributed by atoms with E-state index < -0.39 is 6.10 Å². The largest absolute Gasteiger partial charge is 0.389 e. The lowest BCUT2D eigenvalue weighted by molar-refractivity contribution is 0.199. The Balaban J connectivity index is 1.97. The van der Waals surface area contributed by atoms with E-state index in [0.29, 0.717) is 0 Å². The number of aliphatic hydroxyl groups is 1. The van der Waals surface area contributed by atoms with Crippen LogP contribution in [0.5, 0.6) is 0 Å². The molecule has 2 heterocycles. The summed E-state index contributed by atoms with van der Waals surface area (Å²) >= 11 is 0. The van der Waals surface area contributed by atoms with Gasteiger partial charge < -0.3 is 14.9 Å². The van der Waals surface area contributed by atoms with E-state index >= 15 is 0 Å². The summed E-state index contributed by atoms with van der Waals surface area (Å²) in [7, 11) is 2.11. The number of aromatic nitrogens is 1. The van der Waals surface area contributed by atoms with E-state index in [1.54, 1.807) is 13.1 Å². The summed E-state index contributed by atoms with van der Waals surface area (Å²) in [6.45, 7) is 3.63. The number of aliphatic hydroxyl groups excluding tert-OH is 1. The number of nitrogens with zero attached hydrogens (tertiary/aromatic N) is 3. The van der Waals surface area contributed by atoms with Crippen molar-refractivity contribution >= 4 is 17.2 Å². The SMILES string of the molecule is C[C@@H](O)c1ccc(N2CCN(C)c3ccccc32)nc1. The molecule has 1 N–H and O–H groups in total. The highest BCUT2D eigenvalue weighted by atomic mass is 16.3. The molecule has 0 unspecified atom stereocenters. The molecular weight excluding hydrogens is 250 g/mol. The number of likely N-dealkylation sites (N-methyl/N-ethyl adjacent to an activating group) is 1. The number of benzene rings is 1. The third kappa shape index (κ3) is 2.23. The van der Waals surface area contributed by atoms with Crippen molar-refractivity contribution in [1.29, 1.82) is 0 Å². The number of pyridine rings is 1. The number of anilines is 3. The number of para-hydroxylation sites is 2. The first-order valence-electron chi connectivity index (χ1n) is 6.88. The van der Waals surface area contributed by atoms with Gasteiger partial charge in [0.05, 0.1) is 17.5 Å². The van der Waals surface area contributed by atoms with Gasteiger partial charge in [-0.2, -0.15) is 0 Å². The van der Waals surface area contributed by atoms with Gasteiger partial charge in [0.25, 0.3) is 0 Å². The predicted octanol–water partition coefficient (Wildman–Crippen LogP) is 2.72. The van der Waals surface area contributed by atoms with Crippen LogP contribution in [-0.4, -0.2) is 30.2 Å². The highest BCUT2D eigenvalue weighted by Gasteiger charge is 2.21. The van der Waals surface area contributed by atoms with Gasteiger partial charge in [0.15, 0.2) is 0 Å². The van der Waals surface area contributed by atoms with E-state index in [1.165, 1.54) is 11.4 Å². The highest BCUT2D eigenvalue weighted by Crippen LogP contribution is 2.35. The van der Waals surface area contributed by atoms with Crippen molar-refractivity contribution < 1.29 is 5.11 Å². The zero-order valence-corrected chi connectivity index (χ0v) is 11.8. The molecule has 4 nitrogen and oxygen atoms in total. The van der Waals surface area contributed by atoms with Gasteiger partial charge in [0, 0.05) is 26.3 Å². The molecular formula is C16H19N3O. The first-order chi connectivity index (χ1) is 9.66. The molecule has 0 saturated carbocycles. The highest BCUT2D eigenvalue weighted by molar-refractivity contribution is 5.78. The average Bonchev–Trinajstić information content (AvgIpc) is 2.48. The molecule has 1 atom stereocenters. The molecule has 1 aromatic heterocycles. The minimum Gasteiger partial charge on any atom is -0.389 e. The molecule has 0 aliphatic carbocycles. The smallest absolute Gasteiger partial charge is 0.133 e. The number of rotatable bonds is 2. The Morgan fingerprint density at radius 2 is 1.85 bits per heavy atom. The predicted molar refractivity (Wildman–Crippen MR) is 81.6 cm³/mol. The molecule has 0 saturated heterocycles. The van der Waals surface area contributed by atoms with Crippen molar-refractivity contribution in [3.63, 3.8) is 0 Å². The number of hydrogen-bond donors (Lipinski definition) is 1. The van der Waals surface area contributed by atoms with E-state index in [0.717, 1.165) is 24.5 Å². The maximum atomic E-state index is 9.56. The van der Waals surface area contributed by atoms with Gasteiger partial charge in [0.2, 0.25) is 0 Å². The summed E-state index contributed by atoms with van der Waals surface area (Å²) in [6, 6.07) is 12.3. The van der Waals surface area contributed by atoms with Crippen LogP contribution in [0.2, 0.25) is 0 Å². The molecule has 3 rings (SSSR count). The van der Waals surface area contributed by atoms with Crippen LogP contribution in [0.3, 0.4) is 0 Å². The van der Waals surface area contributed by atoms with Gasteiger partial charge in [-0.15, -0.1) is 0 Å². The third-order valence-electron chi connectivity index (χ3n) is 3.77. The van der Waals surface area contributed by atoms with Crippen molar-refractivity contribution in [3.8, 4) is 0 Å². The zero-order valence-electron chi connectivity index (χ0n) is 11.8. The van der Waals surface area contributed by atoms with Gasteiger partial charge in [0.1, 0.15) is 5.82 Å². The summed E-state index contributed by atoms with van der Waals surface area (Å²) in [5.41, 5.74) is 3.25. The molecule has 20 heavy (non-hydrogen) atoms. The molecule has 104 valence electrons. The van der Waals surface area contributed by atoms with Gasteiger partial charge in [-0.05, 0) is 30.7 Å². The second kappa shape index (κ2) is 5.13. The van der Waals surface area contributed by atoms with Gasteiger partial charge >= 0.3 is 0 Å². The normalized spacial score (nSPS) is 15.9. The second-order valence-corrected chi connectivity index (χ2v) is 5.19. The third-order valence-corrected chi connectivity index (χ3v) is 3.77. The summed E-state index contributed by atoms with van der Waals surface area (Å²) in [5.74, 6) is 0.926. The van der Waals surface area contributed by atoms with E-state index in [1.807, 2.05) is 12.1 Å². The zero-order chi connectivity index (χ0) is 14.1. The standard InChI is InChI=1S/C16H19N3O/c1-12(20)13-7-8-16(17-11-13)19-10-9-18(2)14-5-3-4-6-15(14)19/h3-8,11-12,20H,9-10H2,1-2H3/t12-/m1/s1. The second-order valence-electron chi connectivity index (χ2n) is 5.19. The molecule has 1 aromatic carbocycles. The Bertz CT molecular complexity index is 595. The lowest BCUT2D eigenvalue weighted by Gasteiger charge is -2.36. The van der Waals surface area contributed by atoms with E-state index in [2.05, 4.69) is 46.1 Å². The van der Waals surface area contributed by atoms with E-state index in [-0.39, 0.29) is 0 Å². The molecule has 1 aliphatic rings. The fraction of sp³-hybridized carbons (Fsp3) is 0.312. The topological polar surface area (TPSA) is 39.6 Å². The first-order valence-corrected chi connectivity index (χ1v) is 6.88. The van der Waals surface area contributed by atoms with Crippen LogP contribution in [0.1, 0.15) is 18.6 Å². The minimum atomic E-state index is -0.476. The Hall–Kier alpha value is -2.07. The maximum Gasteiger partial charge on any atom is 0.133 e. The molecule has 0 radical (unpaired) electrons. The number of fused-ring (bicyclic) bond motifs is 1. The molecule has 0 bridgehead atoms. The van der Waals surface area contributed by atoms with Crippen LogP contribution < -0.4 is 9.80 Å². The number of hydrogen-bond acceptors (Lipinski definition) is 4. The van der Waals surface area contributed by atoms with Gasteiger partial charge in [-0.25, -0.2) is 4.98 Å². The molecule has 4 heteroatoms. The molecule has 0 spiro atoms. The fourth-order valence-electron chi connectivity index (χ4n) is 2.55. The molecule has 2 aromatic rings. The van der Waals surface area contributed by atoms with Crippen molar-refractivity contribution in [3.05, 3.63) is 48.2 Å². The van der Waals surface area contributed by atoms with E-state index in [9.17, 15) is 5.11 Å². The van der Waals surface area contributed by atoms with Crippen LogP contribution in [0, 0.1) is 0 Å². The molecule has 0 amide bonds. The first kappa shape index (κ1) is 12.9. The van der Waals surface area contributed by atoms with Crippen LogP contribution in [0.4, 0.5) is 17.2 Å². The van der Waals surface area contributed by atoms with Crippen molar-refractivity contribution in [2.45, 2.75) is 13.0 Å². The lowest BCUT2D eigenvalue weighted by Crippen LogP contribution is -2.36. The van der Waals surface area contributed by atoms with Crippen LogP contribution in [0.25, 0.3) is 0 Å². The average molecular weight is 269 g/mol. The van der Waals surface area contributed by atoms with Crippen LogP contribution in [0.15, 0.2) is 42.6 Å². The summed E-state index contributed by atoms with van der Waals surface area (Å²) < 4.78 is 0. The Morgan fingerprint density at radius 1 is 1.10 bits per heavy atom. The summed E-state index contributed by atoms with van der Waals surface area (Å²) in [6.07, 6.45) is 1.28. The lowest BCUT2D eigenvalue weighted by atomic mass is 10.1. The monoisotopic (exact) mass is 269 g/mol. The molecule has 1 aliphatic heterocycles. The van der Waals surface area contributed by atoms with Crippen molar-refractivity contribution in [2.24, 2.45) is 0 Å². The van der Waals surface area contributed by atoms with Gasteiger partial charge in [-0.3, -0.25) is 0 Å². The summed E-state index contributed by atoms with van der Waals surface area (Å²) in [5, 5.41) is 9.56. The minimum absolute atomic E-state index is 0.476. The Labute approximate surface area is 119 Å². The Morgan fingerprint density at radius 3 is 2.50 bits per heavy atom. The van der Waals surface area contributed by atoms with Gasteiger partial charge in [-0.1, -0.05) is 18.2 Å². The Kier molecular flexibility index (Phi) is 3.32. The summed E-state index contributed by atoms with van der Waals surface area (Å²) in [4.78, 5) is 8.98. The fourth-order valence-corrected chi connectivity index (χ4v) is 2.55. The maximum absolute atomic E-state index is 9.56. The quantitative estimate of drug-likeness (QED) is 0.910. The van der Waals surface area contributed by atoms with Crippen molar-refractivity contribution in [2.75, 3.05) is 29.9 Å².